The summed E-state index contributed by atoms with van der Waals surface area (Å²) in [5, 5.41) is 0. The third-order valence-electron chi connectivity index (χ3n) is 3.17. The lowest BCUT2D eigenvalue weighted by Gasteiger charge is -2.14. The van der Waals surface area contributed by atoms with Gasteiger partial charge in [0.2, 0.25) is 0 Å². The molecule has 0 atom stereocenters. The van der Waals surface area contributed by atoms with E-state index in [2.05, 4.69) is 22.9 Å². The Bertz CT molecular complexity index is 606. The van der Waals surface area contributed by atoms with Crippen LogP contribution in [0, 0.1) is 0 Å². The van der Waals surface area contributed by atoms with E-state index < -0.39 is 0 Å². The molecule has 0 amide bonds. The zero-order valence-electron chi connectivity index (χ0n) is 11.7. The number of ketones is 1. The van der Waals surface area contributed by atoms with E-state index in [0.717, 1.165) is 27.8 Å². The number of ether oxygens (including phenoxy) is 1. The van der Waals surface area contributed by atoms with Gasteiger partial charge in [0.05, 0.1) is 0 Å². The second-order valence-electron chi connectivity index (χ2n) is 4.59. The van der Waals surface area contributed by atoms with Crippen LogP contribution in [0.4, 0.5) is 0 Å². The molecule has 0 saturated heterocycles. The van der Waals surface area contributed by atoms with Crippen LogP contribution in [0.5, 0.6) is 5.75 Å². The van der Waals surface area contributed by atoms with Gasteiger partial charge in [-0.2, -0.15) is 0 Å². The van der Waals surface area contributed by atoms with Crippen LogP contribution in [-0.2, 0) is 13.0 Å². The van der Waals surface area contributed by atoms with Crippen molar-refractivity contribution in [1.29, 1.82) is 0 Å². The summed E-state index contributed by atoms with van der Waals surface area (Å²) in [7, 11) is 0. The normalized spacial score (nSPS) is 10.3. The van der Waals surface area contributed by atoms with Crippen molar-refractivity contribution in [3.8, 4) is 5.75 Å². The molecule has 0 aromatic heterocycles. The Morgan fingerprint density at radius 2 is 1.85 bits per heavy atom. The highest BCUT2D eigenvalue weighted by atomic mass is 79.9. The molecule has 0 fully saturated rings. The molecule has 0 N–H and O–H groups in total. The Kier molecular flexibility index (Phi) is 4.96. The zero-order valence-corrected chi connectivity index (χ0v) is 13.2. The maximum absolute atomic E-state index is 11.6. The van der Waals surface area contributed by atoms with E-state index in [-0.39, 0.29) is 5.78 Å². The summed E-state index contributed by atoms with van der Waals surface area (Å²) in [4.78, 5) is 11.6. The lowest BCUT2D eigenvalue weighted by atomic mass is 10.1. The molecule has 0 unspecified atom stereocenters. The van der Waals surface area contributed by atoms with Crippen molar-refractivity contribution in [1.82, 2.24) is 0 Å². The van der Waals surface area contributed by atoms with Crippen LogP contribution in [0.25, 0.3) is 0 Å². The molecule has 0 radical (unpaired) electrons. The highest BCUT2D eigenvalue weighted by Crippen LogP contribution is 2.31. The van der Waals surface area contributed by atoms with Gasteiger partial charge in [0, 0.05) is 15.6 Å². The Hall–Kier alpha value is -1.61. The fourth-order valence-electron chi connectivity index (χ4n) is 2.08. The lowest BCUT2D eigenvalue weighted by Crippen LogP contribution is -2.02. The van der Waals surface area contributed by atoms with E-state index >= 15 is 0 Å². The van der Waals surface area contributed by atoms with Crippen molar-refractivity contribution in [2.24, 2.45) is 0 Å². The first-order valence-electron chi connectivity index (χ1n) is 6.62. The van der Waals surface area contributed by atoms with Crippen LogP contribution in [0.2, 0.25) is 0 Å². The molecule has 0 bridgehead atoms. The fraction of sp³-hybridized carbons (Fsp3) is 0.235. The molecule has 0 heterocycles. The second kappa shape index (κ2) is 6.71. The minimum absolute atomic E-state index is 0.0567. The first-order chi connectivity index (χ1) is 9.63. The average Bonchev–Trinajstić information content (AvgIpc) is 2.45. The van der Waals surface area contributed by atoms with Gasteiger partial charge in [0.15, 0.2) is 5.78 Å². The van der Waals surface area contributed by atoms with E-state index in [0.29, 0.717) is 12.2 Å². The van der Waals surface area contributed by atoms with Crippen molar-refractivity contribution in [2.75, 3.05) is 0 Å². The lowest BCUT2D eigenvalue weighted by molar-refractivity contribution is 0.101. The van der Waals surface area contributed by atoms with Crippen LogP contribution >= 0.6 is 15.9 Å². The summed E-state index contributed by atoms with van der Waals surface area (Å²) in [6.45, 7) is 4.16. The average molecular weight is 333 g/mol. The van der Waals surface area contributed by atoms with Gasteiger partial charge < -0.3 is 4.74 Å². The predicted molar refractivity (Wildman–Crippen MR) is 84.3 cm³/mol. The Balaban J connectivity index is 2.24. The molecule has 2 nitrogen and oxygen atoms in total. The molecule has 2 rings (SSSR count). The molecule has 20 heavy (non-hydrogen) atoms. The Morgan fingerprint density at radius 1 is 1.15 bits per heavy atom. The molecule has 3 heteroatoms. The molecule has 0 spiro atoms. The topological polar surface area (TPSA) is 26.3 Å². The summed E-state index contributed by atoms with van der Waals surface area (Å²) in [6, 6.07) is 13.7. The van der Waals surface area contributed by atoms with E-state index in [4.69, 9.17) is 4.74 Å². The highest BCUT2D eigenvalue weighted by molar-refractivity contribution is 9.10. The molecule has 0 aliphatic carbocycles. The van der Waals surface area contributed by atoms with E-state index in [1.807, 2.05) is 42.5 Å². The molecule has 0 aliphatic heterocycles. The van der Waals surface area contributed by atoms with E-state index in [9.17, 15) is 4.79 Å². The molecule has 2 aromatic carbocycles. The van der Waals surface area contributed by atoms with Gasteiger partial charge in [-0.05, 0) is 47.0 Å². The third kappa shape index (κ3) is 3.28. The van der Waals surface area contributed by atoms with Gasteiger partial charge in [-0.25, -0.2) is 0 Å². The number of carbonyl (C=O) groups excluding carboxylic acids is 1. The van der Waals surface area contributed by atoms with Crippen molar-refractivity contribution in [3.05, 3.63) is 63.6 Å². The minimum Gasteiger partial charge on any atom is -0.489 e. The first kappa shape index (κ1) is 14.8. The van der Waals surface area contributed by atoms with Crippen LogP contribution in [0.1, 0.15) is 35.3 Å². The van der Waals surface area contributed by atoms with Crippen molar-refractivity contribution in [2.45, 2.75) is 26.9 Å². The Labute approximate surface area is 127 Å². The number of hydrogen-bond acceptors (Lipinski definition) is 2. The quantitative estimate of drug-likeness (QED) is 0.735. The number of rotatable bonds is 5. The maximum atomic E-state index is 11.6. The van der Waals surface area contributed by atoms with Gasteiger partial charge in [-0.3, -0.25) is 4.79 Å². The maximum Gasteiger partial charge on any atom is 0.160 e. The monoisotopic (exact) mass is 332 g/mol. The summed E-state index contributed by atoms with van der Waals surface area (Å²) in [5.41, 5.74) is 2.86. The molecular weight excluding hydrogens is 316 g/mol. The predicted octanol–water partition coefficient (Wildman–Crippen LogP) is 4.79. The van der Waals surface area contributed by atoms with Gasteiger partial charge in [0.1, 0.15) is 12.4 Å². The van der Waals surface area contributed by atoms with Crippen molar-refractivity contribution < 1.29 is 9.53 Å². The molecule has 104 valence electrons. The minimum atomic E-state index is 0.0567. The summed E-state index contributed by atoms with van der Waals surface area (Å²) in [5.74, 6) is 0.884. The number of hydrogen-bond donors (Lipinski definition) is 0. The molecule has 0 aliphatic rings. The number of halogens is 1. The first-order valence-corrected chi connectivity index (χ1v) is 7.41. The largest absolute Gasteiger partial charge is 0.489 e. The number of carbonyl (C=O) groups is 1. The van der Waals surface area contributed by atoms with Gasteiger partial charge in [-0.15, -0.1) is 0 Å². The summed E-state index contributed by atoms with van der Waals surface area (Å²) in [6.07, 6.45) is 0.811. The molecule has 2 aromatic rings. The van der Waals surface area contributed by atoms with Crippen LogP contribution in [0.15, 0.2) is 46.9 Å². The smallest absolute Gasteiger partial charge is 0.160 e. The fourth-order valence-corrected chi connectivity index (χ4v) is 2.96. The van der Waals surface area contributed by atoms with Gasteiger partial charge in [0.25, 0.3) is 0 Å². The van der Waals surface area contributed by atoms with Crippen LogP contribution in [0.3, 0.4) is 0 Å². The van der Waals surface area contributed by atoms with E-state index in [1.54, 1.807) is 6.92 Å². The standard InChI is InChI=1S/C17H17BrO2/c1-3-14-16(10-9-15(12(2)19)17(14)18)20-11-13-7-5-4-6-8-13/h4-10H,3,11H2,1-2H3. The van der Waals surface area contributed by atoms with E-state index in [1.165, 1.54) is 0 Å². The summed E-state index contributed by atoms with van der Waals surface area (Å²) < 4.78 is 6.73. The second-order valence-corrected chi connectivity index (χ2v) is 5.38. The van der Waals surface area contributed by atoms with Gasteiger partial charge >= 0.3 is 0 Å². The van der Waals surface area contributed by atoms with Crippen LogP contribution < -0.4 is 4.74 Å². The SMILES string of the molecule is CCc1c(OCc2ccccc2)ccc(C(C)=O)c1Br. The van der Waals surface area contributed by atoms with Crippen molar-refractivity contribution >= 4 is 21.7 Å². The summed E-state index contributed by atoms with van der Waals surface area (Å²) >= 11 is 3.52. The highest BCUT2D eigenvalue weighted by Gasteiger charge is 2.13. The molecule has 0 saturated carbocycles. The van der Waals surface area contributed by atoms with Crippen molar-refractivity contribution in [3.63, 3.8) is 0 Å². The molecular formula is C17H17BrO2. The Morgan fingerprint density at radius 3 is 2.45 bits per heavy atom. The number of benzene rings is 2. The van der Waals surface area contributed by atoms with Gasteiger partial charge in [-0.1, -0.05) is 37.3 Å². The number of Topliss-reactive ketones (excluding diaryl/α,β-unsaturated/α-hetero) is 1. The van der Waals surface area contributed by atoms with Crippen LogP contribution in [-0.4, -0.2) is 5.78 Å². The third-order valence-corrected chi connectivity index (χ3v) is 4.08. The zero-order chi connectivity index (χ0) is 14.5.